The van der Waals surface area contributed by atoms with Crippen LogP contribution >= 0.6 is 0 Å². The zero-order valence-electron chi connectivity index (χ0n) is 10.3. The molecule has 2 rings (SSSR count). The van der Waals surface area contributed by atoms with Gasteiger partial charge in [-0.05, 0) is 18.2 Å². The van der Waals surface area contributed by atoms with Gasteiger partial charge in [0.15, 0.2) is 0 Å². The Morgan fingerprint density at radius 3 is 2.65 bits per heavy atom. The number of methoxy groups -OCH3 is 2. The molecule has 1 aromatic carbocycles. The molecule has 0 radical (unpaired) electrons. The largest absolute Gasteiger partial charge is 0.497 e. The van der Waals surface area contributed by atoms with Gasteiger partial charge in [0.2, 0.25) is 0 Å². The summed E-state index contributed by atoms with van der Waals surface area (Å²) < 4.78 is 10.6. The normalized spacial score (nSPS) is 16.6. The first-order valence-electron chi connectivity index (χ1n) is 5.81. The van der Waals surface area contributed by atoms with Crippen LogP contribution in [-0.4, -0.2) is 43.9 Å². The number of hydrogen-bond donors (Lipinski definition) is 1. The zero-order chi connectivity index (χ0) is 12.3. The lowest BCUT2D eigenvalue weighted by Gasteiger charge is -2.38. The number of likely N-dealkylation sites (tertiary alicyclic amines) is 1. The molecule has 1 aliphatic rings. The third-order valence-corrected chi connectivity index (χ3v) is 3.17. The molecule has 0 aromatic heterocycles. The summed E-state index contributed by atoms with van der Waals surface area (Å²) in [6, 6.07) is 5.83. The van der Waals surface area contributed by atoms with Gasteiger partial charge in [-0.15, -0.1) is 0 Å². The molecule has 4 heteroatoms. The predicted molar refractivity (Wildman–Crippen MR) is 65.4 cm³/mol. The molecular weight excluding hydrogens is 218 g/mol. The first-order chi connectivity index (χ1) is 8.26. The van der Waals surface area contributed by atoms with Crippen LogP contribution in [-0.2, 0) is 6.54 Å². The zero-order valence-corrected chi connectivity index (χ0v) is 10.3. The highest BCUT2D eigenvalue weighted by Gasteiger charge is 2.26. The van der Waals surface area contributed by atoms with Crippen molar-refractivity contribution in [1.82, 2.24) is 4.90 Å². The van der Waals surface area contributed by atoms with E-state index < -0.39 is 0 Å². The monoisotopic (exact) mass is 237 g/mol. The number of hydrogen-bond acceptors (Lipinski definition) is 4. The van der Waals surface area contributed by atoms with Crippen LogP contribution in [0.4, 0.5) is 0 Å². The van der Waals surface area contributed by atoms with Gasteiger partial charge in [-0.25, -0.2) is 0 Å². The highest BCUT2D eigenvalue weighted by molar-refractivity contribution is 5.40. The Balaban J connectivity index is 2.03. The van der Waals surface area contributed by atoms with Crippen LogP contribution in [0.15, 0.2) is 18.2 Å². The summed E-state index contributed by atoms with van der Waals surface area (Å²) in [4.78, 5) is 2.29. The molecule has 0 saturated carbocycles. The van der Waals surface area contributed by atoms with Crippen molar-refractivity contribution in [3.05, 3.63) is 23.8 Å². The summed E-state index contributed by atoms with van der Waals surface area (Å²) in [5.41, 5.74) is 1.13. The van der Waals surface area contributed by atoms with Gasteiger partial charge in [-0.3, -0.25) is 4.90 Å². The average Bonchev–Trinajstić information content (AvgIpc) is 2.32. The van der Waals surface area contributed by atoms with E-state index in [9.17, 15) is 0 Å². The van der Waals surface area contributed by atoms with E-state index in [1.807, 2.05) is 18.2 Å². The molecule has 1 heterocycles. The van der Waals surface area contributed by atoms with Crippen LogP contribution in [0.1, 0.15) is 5.56 Å². The molecule has 17 heavy (non-hydrogen) atoms. The van der Waals surface area contributed by atoms with Crippen molar-refractivity contribution in [2.24, 2.45) is 5.92 Å². The second kappa shape index (κ2) is 5.38. The highest BCUT2D eigenvalue weighted by Crippen LogP contribution is 2.27. The van der Waals surface area contributed by atoms with E-state index in [1.54, 1.807) is 14.2 Å². The molecule has 0 atom stereocenters. The van der Waals surface area contributed by atoms with E-state index in [4.69, 9.17) is 14.6 Å². The minimum Gasteiger partial charge on any atom is -0.497 e. The summed E-state index contributed by atoms with van der Waals surface area (Å²) >= 11 is 0. The molecule has 1 saturated heterocycles. The molecule has 0 unspecified atom stereocenters. The van der Waals surface area contributed by atoms with Crippen molar-refractivity contribution < 1.29 is 14.6 Å². The molecule has 0 amide bonds. The average molecular weight is 237 g/mol. The van der Waals surface area contributed by atoms with Crippen LogP contribution < -0.4 is 9.47 Å². The summed E-state index contributed by atoms with van der Waals surface area (Å²) in [5.74, 6) is 2.17. The lowest BCUT2D eigenvalue weighted by molar-refractivity contribution is 0.0473. The van der Waals surface area contributed by atoms with E-state index >= 15 is 0 Å². The maximum Gasteiger partial charge on any atom is 0.123 e. The molecule has 1 aliphatic heterocycles. The van der Waals surface area contributed by atoms with Gasteiger partial charge in [0.25, 0.3) is 0 Å². The molecule has 1 fully saturated rings. The fourth-order valence-corrected chi connectivity index (χ4v) is 2.17. The molecule has 0 aliphatic carbocycles. The summed E-state index contributed by atoms with van der Waals surface area (Å²) in [5, 5.41) is 8.98. The Kier molecular flexibility index (Phi) is 3.86. The molecular formula is C13H19NO3. The Hall–Kier alpha value is -1.26. The lowest BCUT2D eigenvalue weighted by Crippen LogP contribution is -2.47. The fourth-order valence-electron chi connectivity index (χ4n) is 2.17. The van der Waals surface area contributed by atoms with Crippen molar-refractivity contribution in [2.45, 2.75) is 6.54 Å². The van der Waals surface area contributed by atoms with Gasteiger partial charge in [0, 0.05) is 37.7 Å². The van der Waals surface area contributed by atoms with E-state index in [0.717, 1.165) is 36.7 Å². The molecule has 0 bridgehead atoms. The van der Waals surface area contributed by atoms with Crippen LogP contribution in [0.5, 0.6) is 11.5 Å². The van der Waals surface area contributed by atoms with Gasteiger partial charge < -0.3 is 14.6 Å². The number of rotatable bonds is 5. The first kappa shape index (κ1) is 12.2. The second-order valence-corrected chi connectivity index (χ2v) is 4.42. The second-order valence-electron chi connectivity index (χ2n) is 4.42. The van der Waals surface area contributed by atoms with Gasteiger partial charge in [0.1, 0.15) is 11.5 Å². The third-order valence-electron chi connectivity index (χ3n) is 3.17. The van der Waals surface area contributed by atoms with E-state index in [1.165, 1.54) is 0 Å². The Morgan fingerprint density at radius 2 is 2.06 bits per heavy atom. The Labute approximate surface area is 102 Å². The topological polar surface area (TPSA) is 41.9 Å². The Morgan fingerprint density at radius 1 is 1.29 bits per heavy atom. The maximum atomic E-state index is 8.98. The molecule has 0 spiro atoms. The van der Waals surface area contributed by atoms with Crippen molar-refractivity contribution >= 4 is 0 Å². The van der Waals surface area contributed by atoms with Gasteiger partial charge in [0.05, 0.1) is 14.2 Å². The maximum absolute atomic E-state index is 8.98. The fraction of sp³-hybridized carbons (Fsp3) is 0.538. The number of ether oxygens (including phenoxy) is 2. The van der Waals surface area contributed by atoms with Crippen molar-refractivity contribution in [2.75, 3.05) is 33.9 Å². The lowest BCUT2D eigenvalue weighted by atomic mass is 10.0. The Bertz CT molecular complexity index is 375. The van der Waals surface area contributed by atoms with Gasteiger partial charge >= 0.3 is 0 Å². The number of aliphatic hydroxyl groups excluding tert-OH is 1. The van der Waals surface area contributed by atoms with E-state index in [2.05, 4.69) is 4.90 Å². The van der Waals surface area contributed by atoms with Crippen molar-refractivity contribution in [3.63, 3.8) is 0 Å². The van der Waals surface area contributed by atoms with Crippen LogP contribution in [0, 0.1) is 5.92 Å². The molecule has 1 N–H and O–H groups in total. The van der Waals surface area contributed by atoms with E-state index in [0.29, 0.717) is 5.92 Å². The molecule has 4 nitrogen and oxygen atoms in total. The van der Waals surface area contributed by atoms with Crippen LogP contribution in [0.25, 0.3) is 0 Å². The minimum absolute atomic E-state index is 0.283. The minimum atomic E-state index is 0.283. The van der Waals surface area contributed by atoms with Crippen molar-refractivity contribution in [3.8, 4) is 11.5 Å². The van der Waals surface area contributed by atoms with Gasteiger partial charge in [-0.1, -0.05) is 0 Å². The number of aliphatic hydroxyl groups is 1. The quantitative estimate of drug-likeness (QED) is 0.833. The first-order valence-corrected chi connectivity index (χ1v) is 5.81. The summed E-state index contributed by atoms with van der Waals surface area (Å²) in [6.07, 6.45) is 0. The summed E-state index contributed by atoms with van der Waals surface area (Å²) in [7, 11) is 3.34. The highest BCUT2D eigenvalue weighted by atomic mass is 16.5. The smallest absolute Gasteiger partial charge is 0.123 e. The summed E-state index contributed by atoms with van der Waals surface area (Å²) in [6.45, 7) is 3.04. The SMILES string of the molecule is COc1ccc(OC)c(CN2CC(CO)C2)c1. The number of benzene rings is 1. The standard InChI is InChI=1S/C13H19NO3/c1-16-12-3-4-13(17-2)11(5-12)8-14-6-10(7-14)9-15/h3-5,10,15H,6-9H2,1-2H3. The van der Waals surface area contributed by atoms with Crippen LogP contribution in [0.3, 0.4) is 0 Å². The number of nitrogens with zero attached hydrogens (tertiary/aromatic N) is 1. The predicted octanol–water partition coefficient (Wildman–Crippen LogP) is 1.13. The van der Waals surface area contributed by atoms with E-state index in [-0.39, 0.29) is 6.61 Å². The van der Waals surface area contributed by atoms with Crippen LogP contribution in [0.2, 0.25) is 0 Å². The van der Waals surface area contributed by atoms with Gasteiger partial charge in [-0.2, -0.15) is 0 Å². The third kappa shape index (κ3) is 2.70. The van der Waals surface area contributed by atoms with Crippen molar-refractivity contribution in [1.29, 1.82) is 0 Å². The molecule has 1 aromatic rings. The molecule has 94 valence electrons.